The lowest BCUT2D eigenvalue weighted by Gasteiger charge is -2.12. The maximum absolute atomic E-state index is 5.52. The zero-order valence-electron chi connectivity index (χ0n) is 10.7. The van der Waals surface area contributed by atoms with Crippen LogP contribution < -0.4 is 4.74 Å². The largest absolute Gasteiger partial charge is 0.494 e. The SMILES string of the molecule is CCOc1ccc(C(Br)c2cc3sccc3s2)c(Br)c1. The average molecular weight is 432 g/mol. The lowest BCUT2D eigenvalue weighted by Crippen LogP contribution is -1.95. The van der Waals surface area contributed by atoms with Crippen LogP contribution in [0, 0.1) is 0 Å². The van der Waals surface area contributed by atoms with Crippen LogP contribution in [0.15, 0.2) is 40.2 Å². The van der Waals surface area contributed by atoms with Gasteiger partial charge >= 0.3 is 0 Å². The molecule has 2 aromatic heterocycles. The summed E-state index contributed by atoms with van der Waals surface area (Å²) < 4.78 is 9.31. The van der Waals surface area contributed by atoms with Gasteiger partial charge in [0.15, 0.2) is 0 Å². The average Bonchev–Trinajstić information content (AvgIpc) is 2.99. The fourth-order valence-corrected chi connectivity index (χ4v) is 5.85. The zero-order chi connectivity index (χ0) is 14.1. The van der Waals surface area contributed by atoms with Gasteiger partial charge in [0.05, 0.1) is 11.4 Å². The summed E-state index contributed by atoms with van der Waals surface area (Å²) in [5, 5.41) is 2.14. The van der Waals surface area contributed by atoms with Gasteiger partial charge in [-0.25, -0.2) is 0 Å². The van der Waals surface area contributed by atoms with Crippen molar-refractivity contribution < 1.29 is 4.74 Å². The number of fused-ring (bicyclic) bond motifs is 1. The summed E-state index contributed by atoms with van der Waals surface area (Å²) in [6, 6.07) is 10.6. The Kier molecular flexibility index (Phi) is 4.50. The molecule has 0 amide bonds. The molecule has 1 unspecified atom stereocenters. The summed E-state index contributed by atoms with van der Waals surface area (Å²) >= 11 is 11.1. The molecule has 20 heavy (non-hydrogen) atoms. The summed E-state index contributed by atoms with van der Waals surface area (Å²) in [4.78, 5) is 1.54. The highest BCUT2D eigenvalue weighted by Crippen LogP contribution is 2.42. The molecule has 2 heterocycles. The molecule has 104 valence electrons. The van der Waals surface area contributed by atoms with Crippen molar-refractivity contribution in [2.24, 2.45) is 0 Å². The van der Waals surface area contributed by atoms with Crippen LogP contribution in [-0.2, 0) is 0 Å². The fourth-order valence-electron chi connectivity index (χ4n) is 2.03. The molecule has 1 atom stereocenters. The fraction of sp³-hybridized carbons (Fsp3) is 0.200. The molecular weight excluding hydrogens is 420 g/mol. The monoisotopic (exact) mass is 430 g/mol. The van der Waals surface area contributed by atoms with Crippen molar-refractivity contribution in [2.75, 3.05) is 6.61 Å². The second kappa shape index (κ2) is 6.18. The number of benzene rings is 1. The van der Waals surface area contributed by atoms with Crippen LogP contribution in [-0.4, -0.2) is 6.61 Å². The summed E-state index contributed by atoms with van der Waals surface area (Å²) in [6.07, 6.45) is 0. The number of hydrogen-bond acceptors (Lipinski definition) is 3. The number of thiophene rings is 2. The first-order valence-electron chi connectivity index (χ1n) is 6.22. The van der Waals surface area contributed by atoms with Gasteiger partial charge in [-0.2, -0.15) is 0 Å². The number of halogens is 2. The Morgan fingerprint density at radius 2 is 2.05 bits per heavy atom. The quantitative estimate of drug-likeness (QED) is 0.422. The van der Waals surface area contributed by atoms with Crippen LogP contribution in [0.2, 0.25) is 0 Å². The molecule has 5 heteroatoms. The van der Waals surface area contributed by atoms with Crippen molar-refractivity contribution in [3.05, 3.63) is 50.6 Å². The van der Waals surface area contributed by atoms with Gasteiger partial charge in [0.25, 0.3) is 0 Å². The van der Waals surface area contributed by atoms with Gasteiger partial charge in [0, 0.05) is 18.7 Å². The first kappa shape index (κ1) is 14.6. The highest BCUT2D eigenvalue weighted by Gasteiger charge is 2.17. The third-order valence-electron chi connectivity index (χ3n) is 2.96. The van der Waals surface area contributed by atoms with Crippen molar-refractivity contribution in [3.63, 3.8) is 0 Å². The predicted octanol–water partition coefficient (Wildman–Crippen LogP) is 6.61. The van der Waals surface area contributed by atoms with E-state index in [-0.39, 0.29) is 4.83 Å². The highest BCUT2D eigenvalue weighted by molar-refractivity contribution is 9.11. The second-order valence-corrected chi connectivity index (χ2v) is 8.11. The molecule has 3 aromatic rings. The molecule has 0 saturated heterocycles. The molecule has 0 spiro atoms. The van der Waals surface area contributed by atoms with Crippen molar-refractivity contribution in [1.82, 2.24) is 0 Å². The number of rotatable bonds is 4. The van der Waals surface area contributed by atoms with Gasteiger partial charge in [0.1, 0.15) is 5.75 Å². The van der Waals surface area contributed by atoms with E-state index in [2.05, 4.69) is 55.4 Å². The zero-order valence-corrected chi connectivity index (χ0v) is 15.5. The molecule has 0 aliphatic heterocycles. The van der Waals surface area contributed by atoms with E-state index in [1.807, 2.05) is 30.4 Å². The molecule has 0 aliphatic rings. The molecule has 1 nitrogen and oxygen atoms in total. The van der Waals surface area contributed by atoms with Crippen LogP contribution in [0.4, 0.5) is 0 Å². The Morgan fingerprint density at radius 1 is 1.20 bits per heavy atom. The van der Waals surface area contributed by atoms with E-state index >= 15 is 0 Å². The summed E-state index contributed by atoms with van der Waals surface area (Å²) in [5.41, 5.74) is 1.22. The molecule has 0 N–H and O–H groups in total. The van der Waals surface area contributed by atoms with Crippen LogP contribution >= 0.6 is 54.5 Å². The minimum atomic E-state index is 0.206. The number of hydrogen-bond donors (Lipinski definition) is 0. The third kappa shape index (κ3) is 2.82. The Labute approximate surface area is 142 Å². The Morgan fingerprint density at radius 3 is 2.75 bits per heavy atom. The second-order valence-electron chi connectivity index (χ2n) is 4.28. The van der Waals surface area contributed by atoms with Crippen molar-refractivity contribution in [3.8, 4) is 5.75 Å². The normalized spacial score (nSPS) is 12.8. The molecule has 0 fully saturated rings. The van der Waals surface area contributed by atoms with Gasteiger partial charge in [-0.15, -0.1) is 22.7 Å². The standard InChI is InChI=1S/C15H12Br2OS2/c1-2-18-9-3-4-10(11(16)7-9)15(17)14-8-13-12(20-14)5-6-19-13/h3-8,15H,2H2,1H3. The lowest BCUT2D eigenvalue weighted by molar-refractivity contribution is 0.340. The molecule has 3 rings (SSSR count). The van der Waals surface area contributed by atoms with E-state index in [0.29, 0.717) is 6.61 Å². The van der Waals surface area contributed by atoms with Crippen molar-refractivity contribution in [1.29, 1.82) is 0 Å². The van der Waals surface area contributed by atoms with Gasteiger partial charge in [-0.05, 0) is 42.1 Å². The van der Waals surface area contributed by atoms with Gasteiger partial charge in [-0.1, -0.05) is 37.9 Å². The Balaban J connectivity index is 1.93. The molecule has 0 aliphatic carbocycles. The Hall–Kier alpha value is -0.360. The lowest BCUT2D eigenvalue weighted by atomic mass is 10.1. The molecule has 1 aromatic carbocycles. The summed E-state index contributed by atoms with van der Waals surface area (Å²) in [5.74, 6) is 0.898. The van der Waals surface area contributed by atoms with E-state index < -0.39 is 0 Å². The van der Waals surface area contributed by atoms with Crippen LogP contribution in [0.25, 0.3) is 9.40 Å². The van der Waals surface area contributed by atoms with Crippen LogP contribution in [0.5, 0.6) is 5.75 Å². The first-order chi connectivity index (χ1) is 9.69. The van der Waals surface area contributed by atoms with Crippen LogP contribution in [0.1, 0.15) is 22.2 Å². The molecule has 0 saturated carbocycles. The number of ether oxygens (including phenoxy) is 1. The summed E-state index contributed by atoms with van der Waals surface area (Å²) in [7, 11) is 0. The van der Waals surface area contributed by atoms with Gasteiger partial charge < -0.3 is 4.74 Å². The summed E-state index contributed by atoms with van der Waals surface area (Å²) in [6.45, 7) is 2.68. The first-order valence-corrected chi connectivity index (χ1v) is 9.62. The molecular formula is C15H12Br2OS2. The highest BCUT2D eigenvalue weighted by atomic mass is 79.9. The van der Waals surface area contributed by atoms with E-state index in [0.717, 1.165) is 10.2 Å². The maximum Gasteiger partial charge on any atom is 0.120 e. The molecule has 0 bridgehead atoms. The van der Waals surface area contributed by atoms with Crippen molar-refractivity contribution >= 4 is 63.9 Å². The van der Waals surface area contributed by atoms with E-state index in [9.17, 15) is 0 Å². The maximum atomic E-state index is 5.52. The predicted molar refractivity (Wildman–Crippen MR) is 95.8 cm³/mol. The van der Waals surface area contributed by atoms with Crippen LogP contribution in [0.3, 0.4) is 0 Å². The van der Waals surface area contributed by atoms with Gasteiger partial charge in [-0.3, -0.25) is 0 Å². The minimum absolute atomic E-state index is 0.206. The van der Waals surface area contributed by atoms with Gasteiger partial charge in [0.2, 0.25) is 0 Å². The minimum Gasteiger partial charge on any atom is -0.494 e. The van der Waals surface area contributed by atoms with E-state index in [4.69, 9.17) is 4.74 Å². The van der Waals surface area contributed by atoms with Crippen molar-refractivity contribution in [2.45, 2.75) is 11.8 Å². The van der Waals surface area contributed by atoms with E-state index in [1.54, 1.807) is 11.3 Å². The Bertz CT molecular complexity index is 704. The number of alkyl halides is 1. The third-order valence-corrected chi connectivity index (χ3v) is 7.10. The van der Waals surface area contributed by atoms with E-state index in [1.165, 1.54) is 19.8 Å². The smallest absolute Gasteiger partial charge is 0.120 e. The molecule has 0 radical (unpaired) electrons. The topological polar surface area (TPSA) is 9.23 Å².